The second kappa shape index (κ2) is 4.91. The maximum absolute atomic E-state index is 11.8. The van der Waals surface area contributed by atoms with Gasteiger partial charge in [-0.25, -0.2) is 0 Å². The van der Waals surface area contributed by atoms with E-state index >= 15 is 0 Å². The average molecular weight is 231 g/mol. The number of rotatable bonds is 4. The molecule has 92 valence electrons. The highest BCUT2D eigenvalue weighted by Crippen LogP contribution is 2.38. The van der Waals surface area contributed by atoms with Gasteiger partial charge in [-0.05, 0) is 36.8 Å². The third kappa shape index (κ3) is 2.87. The standard InChI is InChI=1S/C15H21NO/c1-4-12-5-7-13(8-6-12)11(3)16-15(17)14-9-10(14)2/h5-8,10-11,14H,4,9H2,1-3H3,(H,16,17). The Morgan fingerprint density at radius 1 is 1.41 bits per heavy atom. The third-order valence-corrected chi connectivity index (χ3v) is 3.69. The number of hydrogen-bond donors (Lipinski definition) is 1. The first-order chi connectivity index (χ1) is 8.11. The van der Waals surface area contributed by atoms with Crippen LogP contribution in [0.2, 0.25) is 0 Å². The van der Waals surface area contributed by atoms with E-state index in [0.717, 1.165) is 12.8 Å². The molecular weight excluding hydrogens is 210 g/mol. The van der Waals surface area contributed by atoms with E-state index in [1.54, 1.807) is 0 Å². The molecule has 1 aromatic rings. The third-order valence-electron chi connectivity index (χ3n) is 3.69. The molecule has 1 aromatic carbocycles. The van der Waals surface area contributed by atoms with Crippen LogP contribution < -0.4 is 5.32 Å². The molecule has 2 heteroatoms. The Bertz CT molecular complexity index is 396. The van der Waals surface area contributed by atoms with Crippen LogP contribution in [-0.4, -0.2) is 5.91 Å². The Kier molecular flexibility index (Phi) is 3.51. The summed E-state index contributed by atoms with van der Waals surface area (Å²) in [5, 5.41) is 3.09. The summed E-state index contributed by atoms with van der Waals surface area (Å²) in [6.07, 6.45) is 2.11. The minimum Gasteiger partial charge on any atom is -0.349 e. The predicted molar refractivity (Wildman–Crippen MR) is 69.6 cm³/mol. The van der Waals surface area contributed by atoms with Crippen molar-refractivity contribution in [1.82, 2.24) is 5.32 Å². The predicted octanol–water partition coefficient (Wildman–Crippen LogP) is 3.08. The van der Waals surface area contributed by atoms with Gasteiger partial charge in [0.25, 0.3) is 0 Å². The van der Waals surface area contributed by atoms with Crippen LogP contribution in [0.1, 0.15) is 44.4 Å². The van der Waals surface area contributed by atoms with E-state index in [-0.39, 0.29) is 17.9 Å². The zero-order valence-electron chi connectivity index (χ0n) is 10.9. The van der Waals surface area contributed by atoms with E-state index in [4.69, 9.17) is 0 Å². The molecule has 0 radical (unpaired) electrons. The van der Waals surface area contributed by atoms with E-state index in [2.05, 4.69) is 43.4 Å². The van der Waals surface area contributed by atoms with E-state index in [1.807, 2.05) is 6.92 Å². The molecule has 1 saturated carbocycles. The highest BCUT2D eigenvalue weighted by molar-refractivity contribution is 5.81. The van der Waals surface area contributed by atoms with Gasteiger partial charge in [-0.1, -0.05) is 38.1 Å². The Morgan fingerprint density at radius 2 is 2.00 bits per heavy atom. The lowest BCUT2D eigenvalue weighted by molar-refractivity contribution is -0.123. The molecule has 17 heavy (non-hydrogen) atoms. The van der Waals surface area contributed by atoms with Crippen molar-refractivity contribution in [3.63, 3.8) is 0 Å². The summed E-state index contributed by atoms with van der Waals surface area (Å²) in [4.78, 5) is 11.8. The molecular formula is C15H21NO. The Hall–Kier alpha value is -1.31. The summed E-state index contributed by atoms with van der Waals surface area (Å²) in [5.74, 6) is 1.04. The smallest absolute Gasteiger partial charge is 0.223 e. The summed E-state index contributed by atoms with van der Waals surface area (Å²) in [6.45, 7) is 6.32. The molecule has 0 heterocycles. The first-order valence-corrected chi connectivity index (χ1v) is 6.51. The Labute approximate surface area is 103 Å². The molecule has 0 bridgehead atoms. The van der Waals surface area contributed by atoms with Crippen LogP contribution in [0.15, 0.2) is 24.3 Å². The van der Waals surface area contributed by atoms with Crippen LogP contribution in [0.4, 0.5) is 0 Å². The van der Waals surface area contributed by atoms with Gasteiger partial charge in [0.05, 0.1) is 6.04 Å². The van der Waals surface area contributed by atoms with Crippen molar-refractivity contribution in [2.24, 2.45) is 11.8 Å². The van der Waals surface area contributed by atoms with Crippen molar-refractivity contribution in [1.29, 1.82) is 0 Å². The molecule has 1 amide bonds. The van der Waals surface area contributed by atoms with Crippen molar-refractivity contribution >= 4 is 5.91 Å². The number of aryl methyl sites for hydroxylation is 1. The summed E-state index contributed by atoms with van der Waals surface area (Å²) in [7, 11) is 0. The molecule has 3 unspecified atom stereocenters. The van der Waals surface area contributed by atoms with Crippen molar-refractivity contribution in [2.45, 2.75) is 39.7 Å². The van der Waals surface area contributed by atoms with Crippen LogP contribution in [0.3, 0.4) is 0 Å². The quantitative estimate of drug-likeness (QED) is 0.847. The van der Waals surface area contributed by atoms with E-state index in [0.29, 0.717) is 5.92 Å². The minimum atomic E-state index is 0.112. The summed E-state index contributed by atoms with van der Waals surface area (Å²) < 4.78 is 0. The normalized spacial score (nSPS) is 24.2. The second-order valence-corrected chi connectivity index (χ2v) is 5.14. The maximum atomic E-state index is 11.8. The molecule has 0 saturated heterocycles. The summed E-state index contributed by atoms with van der Waals surface area (Å²) >= 11 is 0. The molecule has 1 aliphatic carbocycles. The molecule has 1 N–H and O–H groups in total. The number of hydrogen-bond acceptors (Lipinski definition) is 1. The van der Waals surface area contributed by atoms with Crippen LogP contribution >= 0.6 is 0 Å². The highest BCUT2D eigenvalue weighted by atomic mass is 16.2. The Balaban J connectivity index is 1.94. The van der Waals surface area contributed by atoms with Gasteiger partial charge in [0.15, 0.2) is 0 Å². The number of nitrogens with one attached hydrogen (secondary N) is 1. The molecule has 1 aliphatic rings. The number of amides is 1. The fourth-order valence-corrected chi connectivity index (χ4v) is 2.13. The van der Waals surface area contributed by atoms with Crippen molar-refractivity contribution < 1.29 is 4.79 Å². The summed E-state index contributed by atoms with van der Waals surface area (Å²) in [5.41, 5.74) is 2.52. The van der Waals surface area contributed by atoms with Gasteiger partial charge in [0.2, 0.25) is 5.91 Å². The van der Waals surface area contributed by atoms with Crippen LogP contribution in [0.25, 0.3) is 0 Å². The molecule has 0 spiro atoms. The van der Waals surface area contributed by atoms with Gasteiger partial charge >= 0.3 is 0 Å². The van der Waals surface area contributed by atoms with Crippen LogP contribution in [0, 0.1) is 11.8 Å². The molecule has 2 nitrogen and oxygen atoms in total. The maximum Gasteiger partial charge on any atom is 0.223 e. The first-order valence-electron chi connectivity index (χ1n) is 6.51. The van der Waals surface area contributed by atoms with Gasteiger partial charge in [-0.15, -0.1) is 0 Å². The van der Waals surface area contributed by atoms with E-state index < -0.39 is 0 Å². The SMILES string of the molecule is CCc1ccc(C(C)NC(=O)C2CC2C)cc1. The second-order valence-electron chi connectivity index (χ2n) is 5.14. The van der Waals surface area contributed by atoms with Crippen LogP contribution in [-0.2, 0) is 11.2 Å². The lowest BCUT2D eigenvalue weighted by atomic mass is 10.0. The average Bonchev–Trinajstić information content (AvgIpc) is 3.06. The molecule has 1 fully saturated rings. The number of carbonyl (C=O) groups excluding carboxylic acids is 1. The fraction of sp³-hybridized carbons (Fsp3) is 0.533. The summed E-state index contributed by atoms with van der Waals surface area (Å²) in [6, 6.07) is 8.61. The van der Waals surface area contributed by atoms with Crippen molar-refractivity contribution in [3.8, 4) is 0 Å². The van der Waals surface area contributed by atoms with E-state index in [9.17, 15) is 4.79 Å². The van der Waals surface area contributed by atoms with E-state index in [1.165, 1.54) is 11.1 Å². The van der Waals surface area contributed by atoms with Crippen LogP contribution in [0.5, 0.6) is 0 Å². The zero-order chi connectivity index (χ0) is 12.4. The largest absolute Gasteiger partial charge is 0.349 e. The topological polar surface area (TPSA) is 29.1 Å². The highest BCUT2D eigenvalue weighted by Gasteiger charge is 2.39. The van der Waals surface area contributed by atoms with Gasteiger partial charge < -0.3 is 5.32 Å². The number of benzene rings is 1. The van der Waals surface area contributed by atoms with Gasteiger partial charge in [0.1, 0.15) is 0 Å². The molecule has 2 rings (SSSR count). The van der Waals surface area contributed by atoms with Gasteiger partial charge in [0, 0.05) is 5.92 Å². The lowest BCUT2D eigenvalue weighted by Crippen LogP contribution is -2.28. The minimum absolute atomic E-state index is 0.112. The molecule has 3 atom stereocenters. The Morgan fingerprint density at radius 3 is 2.47 bits per heavy atom. The van der Waals surface area contributed by atoms with Crippen molar-refractivity contribution in [2.75, 3.05) is 0 Å². The fourth-order valence-electron chi connectivity index (χ4n) is 2.13. The van der Waals surface area contributed by atoms with Crippen molar-refractivity contribution in [3.05, 3.63) is 35.4 Å². The zero-order valence-corrected chi connectivity index (χ0v) is 10.9. The lowest BCUT2D eigenvalue weighted by Gasteiger charge is -2.14. The molecule has 0 aromatic heterocycles. The first kappa shape index (κ1) is 12.2. The molecule has 0 aliphatic heterocycles. The van der Waals surface area contributed by atoms with Gasteiger partial charge in [-0.3, -0.25) is 4.79 Å². The monoisotopic (exact) mass is 231 g/mol. The van der Waals surface area contributed by atoms with Gasteiger partial charge in [-0.2, -0.15) is 0 Å². The number of carbonyl (C=O) groups is 1.